The maximum atomic E-state index is 11.9. The number of ether oxygens (including phenoxy) is 1. The van der Waals surface area contributed by atoms with E-state index in [0.29, 0.717) is 5.56 Å². The molecule has 1 atom stereocenters. The molecule has 0 unspecified atom stereocenters. The van der Waals surface area contributed by atoms with Crippen LogP contribution in [0.4, 0.5) is 8.78 Å². The molecule has 0 radical (unpaired) electrons. The Bertz CT molecular complexity index is 276. The number of alkyl halides is 2. The van der Waals surface area contributed by atoms with Crippen molar-refractivity contribution < 1.29 is 19.3 Å². The van der Waals surface area contributed by atoms with E-state index >= 15 is 0 Å². The molecule has 1 aromatic rings. The molecular formula is C9H12F2NO+. The molecule has 4 heteroatoms. The first-order chi connectivity index (χ1) is 6.11. The quantitative estimate of drug-likeness (QED) is 0.768. The highest BCUT2D eigenvalue weighted by atomic mass is 19.3. The van der Waals surface area contributed by atoms with Gasteiger partial charge < -0.3 is 10.5 Å². The highest BCUT2D eigenvalue weighted by molar-refractivity contribution is 5.34. The van der Waals surface area contributed by atoms with Gasteiger partial charge in [-0.1, -0.05) is 12.1 Å². The average molecular weight is 188 g/mol. The molecule has 0 spiro atoms. The zero-order valence-electron chi connectivity index (χ0n) is 7.34. The van der Waals surface area contributed by atoms with Gasteiger partial charge in [0.25, 0.3) is 0 Å². The molecule has 1 aromatic carbocycles. The van der Waals surface area contributed by atoms with Crippen LogP contribution >= 0.6 is 0 Å². The van der Waals surface area contributed by atoms with Crippen LogP contribution in [0.25, 0.3) is 0 Å². The standard InChI is InChI=1S/C9H11F2NO/c1-6(12)7-4-2-3-5-8(7)13-9(10)11/h2-6,9H,12H2,1H3/p+1/t6-/m1/s1. The number of hydrogen-bond acceptors (Lipinski definition) is 1. The largest absolute Gasteiger partial charge is 0.434 e. The molecule has 0 heterocycles. The number of benzene rings is 1. The minimum Gasteiger partial charge on any atom is -0.434 e. The summed E-state index contributed by atoms with van der Waals surface area (Å²) in [6.45, 7) is -0.951. The fourth-order valence-electron chi connectivity index (χ4n) is 1.09. The zero-order valence-corrected chi connectivity index (χ0v) is 7.34. The fourth-order valence-corrected chi connectivity index (χ4v) is 1.09. The Morgan fingerprint density at radius 2 is 1.92 bits per heavy atom. The lowest BCUT2D eigenvalue weighted by Gasteiger charge is -2.10. The van der Waals surface area contributed by atoms with Crippen molar-refractivity contribution in [1.29, 1.82) is 0 Å². The van der Waals surface area contributed by atoms with Crippen LogP contribution in [0.5, 0.6) is 5.75 Å². The van der Waals surface area contributed by atoms with Gasteiger partial charge in [-0.15, -0.1) is 0 Å². The molecule has 0 aliphatic carbocycles. The molecule has 0 saturated heterocycles. The summed E-state index contributed by atoms with van der Waals surface area (Å²) < 4.78 is 28.2. The first-order valence-electron chi connectivity index (χ1n) is 3.98. The third kappa shape index (κ3) is 2.66. The number of rotatable bonds is 3. The molecule has 1 rings (SSSR count). The average Bonchev–Trinajstić information content (AvgIpc) is 2.03. The van der Waals surface area contributed by atoms with Gasteiger partial charge in [0.15, 0.2) is 0 Å². The summed E-state index contributed by atoms with van der Waals surface area (Å²) in [7, 11) is 0. The third-order valence-electron chi connectivity index (χ3n) is 1.67. The van der Waals surface area contributed by atoms with E-state index in [1.807, 2.05) is 6.92 Å². The molecule has 0 aromatic heterocycles. The molecule has 0 saturated carbocycles. The van der Waals surface area contributed by atoms with Crippen molar-refractivity contribution in [1.82, 2.24) is 0 Å². The first kappa shape index (κ1) is 9.92. The fraction of sp³-hybridized carbons (Fsp3) is 0.333. The van der Waals surface area contributed by atoms with E-state index in [9.17, 15) is 8.78 Å². The lowest BCUT2D eigenvalue weighted by atomic mass is 10.1. The van der Waals surface area contributed by atoms with E-state index in [1.54, 1.807) is 18.2 Å². The number of halogens is 2. The van der Waals surface area contributed by atoms with Crippen molar-refractivity contribution in [2.24, 2.45) is 0 Å². The van der Waals surface area contributed by atoms with Crippen molar-refractivity contribution in [2.75, 3.05) is 0 Å². The highest BCUT2D eigenvalue weighted by Gasteiger charge is 2.12. The Morgan fingerprint density at radius 1 is 1.31 bits per heavy atom. The predicted molar refractivity (Wildman–Crippen MR) is 44.4 cm³/mol. The topological polar surface area (TPSA) is 36.9 Å². The van der Waals surface area contributed by atoms with E-state index in [2.05, 4.69) is 10.5 Å². The number of hydrogen-bond donors (Lipinski definition) is 1. The molecule has 3 N–H and O–H groups in total. The number of para-hydroxylation sites is 1. The van der Waals surface area contributed by atoms with Crippen LogP contribution in [-0.2, 0) is 0 Å². The SMILES string of the molecule is C[C@@H]([NH3+])c1ccccc1OC(F)F. The summed E-state index contributed by atoms with van der Waals surface area (Å²) in [4.78, 5) is 0. The van der Waals surface area contributed by atoms with Crippen LogP contribution in [0.15, 0.2) is 24.3 Å². The van der Waals surface area contributed by atoms with Gasteiger partial charge in [-0.05, 0) is 19.1 Å². The second-order valence-electron chi connectivity index (χ2n) is 2.82. The van der Waals surface area contributed by atoms with Crippen molar-refractivity contribution in [2.45, 2.75) is 19.6 Å². The van der Waals surface area contributed by atoms with Gasteiger partial charge in [0.2, 0.25) is 0 Å². The van der Waals surface area contributed by atoms with E-state index in [-0.39, 0.29) is 11.8 Å². The summed E-state index contributed by atoms with van der Waals surface area (Å²) in [5, 5.41) is 0. The van der Waals surface area contributed by atoms with Crippen molar-refractivity contribution in [3.63, 3.8) is 0 Å². The van der Waals surface area contributed by atoms with Gasteiger partial charge in [-0.25, -0.2) is 0 Å². The lowest BCUT2D eigenvalue weighted by Crippen LogP contribution is -2.51. The Labute approximate surface area is 75.3 Å². The molecule has 2 nitrogen and oxygen atoms in total. The third-order valence-corrected chi connectivity index (χ3v) is 1.67. The van der Waals surface area contributed by atoms with Gasteiger partial charge >= 0.3 is 6.61 Å². The minimum absolute atomic E-state index is 0.0602. The van der Waals surface area contributed by atoms with E-state index in [1.165, 1.54) is 6.07 Å². The minimum atomic E-state index is -2.78. The van der Waals surface area contributed by atoms with E-state index in [0.717, 1.165) is 0 Å². The van der Waals surface area contributed by atoms with Gasteiger partial charge in [-0.2, -0.15) is 8.78 Å². The molecule has 0 aliphatic rings. The van der Waals surface area contributed by atoms with Crippen LogP contribution in [0.1, 0.15) is 18.5 Å². The molecule has 13 heavy (non-hydrogen) atoms. The highest BCUT2D eigenvalue weighted by Crippen LogP contribution is 2.23. The smallest absolute Gasteiger partial charge is 0.387 e. The van der Waals surface area contributed by atoms with Crippen LogP contribution in [0.2, 0.25) is 0 Å². The van der Waals surface area contributed by atoms with Gasteiger partial charge in [0.1, 0.15) is 11.8 Å². The molecule has 0 fully saturated rings. The van der Waals surface area contributed by atoms with Gasteiger partial charge in [-0.3, -0.25) is 0 Å². The van der Waals surface area contributed by atoms with Crippen molar-refractivity contribution in [3.05, 3.63) is 29.8 Å². The second kappa shape index (κ2) is 4.18. The molecule has 0 bridgehead atoms. The Kier molecular flexibility index (Phi) is 3.19. The molecule has 72 valence electrons. The summed E-state index contributed by atoms with van der Waals surface area (Å²) in [5.41, 5.74) is 4.45. The van der Waals surface area contributed by atoms with Crippen LogP contribution in [0, 0.1) is 0 Å². The first-order valence-corrected chi connectivity index (χ1v) is 3.98. The molecule has 0 aliphatic heterocycles. The molecular weight excluding hydrogens is 176 g/mol. The maximum absolute atomic E-state index is 11.9. The second-order valence-corrected chi connectivity index (χ2v) is 2.82. The van der Waals surface area contributed by atoms with Crippen LogP contribution in [0.3, 0.4) is 0 Å². The summed E-state index contributed by atoms with van der Waals surface area (Å²) in [6, 6.07) is 6.62. The van der Waals surface area contributed by atoms with Gasteiger partial charge in [0.05, 0.1) is 5.56 Å². The van der Waals surface area contributed by atoms with E-state index < -0.39 is 6.61 Å². The Balaban J connectivity index is 2.91. The maximum Gasteiger partial charge on any atom is 0.387 e. The zero-order chi connectivity index (χ0) is 9.84. The van der Waals surface area contributed by atoms with E-state index in [4.69, 9.17) is 0 Å². The number of quaternary nitrogens is 1. The van der Waals surface area contributed by atoms with Crippen LogP contribution in [-0.4, -0.2) is 6.61 Å². The summed E-state index contributed by atoms with van der Waals surface area (Å²) in [6.07, 6.45) is 0. The summed E-state index contributed by atoms with van der Waals surface area (Å²) in [5.74, 6) is 0.208. The lowest BCUT2D eigenvalue weighted by molar-refractivity contribution is -0.420. The summed E-state index contributed by atoms with van der Waals surface area (Å²) >= 11 is 0. The van der Waals surface area contributed by atoms with Crippen LogP contribution < -0.4 is 10.5 Å². The predicted octanol–water partition coefficient (Wildman–Crippen LogP) is 1.59. The van der Waals surface area contributed by atoms with Crippen molar-refractivity contribution in [3.8, 4) is 5.75 Å². The molecule has 0 amide bonds. The van der Waals surface area contributed by atoms with Crippen molar-refractivity contribution >= 4 is 0 Å². The Morgan fingerprint density at radius 3 is 2.46 bits per heavy atom. The monoisotopic (exact) mass is 188 g/mol. The normalized spacial score (nSPS) is 13.0. The Hall–Kier alpha value is -1.16. The van der Waals surface area contributed by atoms with Gasteiger partial charge in [0, 0.05) is 0 Å².